The molecular weight excluding hydrogens is 408 g/mol. The van der Waals surface area contributed by atoms with Gasteiger partial charge in [-0.25, -0.2) is 13.5 Å². The first-order chi connectivity index (χ1) is 13.1. The first kappa shape index (κ1) is 20.2. The molecule has 1 N–H and O–H groups in total. The third-order valence-electron chi connectivity index (χ3n) is 4.09. The van der Waals surface area contributed by atoms with E-state index in [9.17, 15) is 18.4 Å². The summed E-state index contributed by atoms with van der Waals surface area (Å²) in [5.74, 6) is -3.45. The van der Waals surface area contributed by atoms with Crippen molar-refractivity contribution in [3.8, 4) is 11.3 Å². The Morgan fingerprint density at radius 1 is 1.25 bits per heavy atom. The van der Waals surface area contributed by atoms with E-state index < -0.39 is 23.4 Å². The van der Waals surface area contributed by atoms with Crippen LogP contribution in [0.4, 0.5) is 14.5 Å². The number of thiophene rings is 1. The molecule has 0 spiro atoms. The number of nitrogens with zero attached hydrogens (tertiary/aromatic N) is 2. The number of benzene rings is 1. The van der Waals surface area contributed by atoms with Crippen LogP contribution in [0.3, 0.4) is 0 Å². The second kappa shape index (κ2) is 7.81. The fourth-order valence-electron chi connectivity index (χ4n) is 2.51. The van der Waals surface area contributed by atoms with Crippen molar-refractivity contribution in [1.29, 1.82) is 0 Å². The molecule has 9 heteroatoms. The van der Waals surface area contributed by atoms with Gasteiger partial charge < -0.3 is 5.32 Å². The quantitative estimate of drug-likeness (QED) is 0.632. The highest BCUT2D eigenvalue weighted by Gasteiger charge is 2.24. The zero-order chi connectivity index (χ0) is 20.5. The largest absolute Gasteiger partial charge is 0.324 e. The number of nitrogens with one attached hydrogen (secondary N) is 1. The SMILES string of the molecule is CC(C(=O)Nc1ccc(C(C)(F)F)cc1)n1nc(-c2csc(Cl)c2)ccc1=O. The van der Waals surface area contributed by atoms with E-state index >= 15 is 0 Å². The van der Waals surface area contributed by atoms with E-state index in [1.165, 1.54) is 48.6 Å². The van der Waals surface area contributed by atoms with Gasteiger partial charge in [0.1, 0.15) is 6.04 Å². The molecule has 1 aromatic carbocycles. The van der Waals surface area contributed by atoms with Gasteiger partial charge in [-0.15, -0.1) is 11.3 Å². The lowest BCUT2D eigenvalue weighted by Gasteiger charge is -2.15. The molecule has 1 unspecified atom stereocenters. The normalized spacial score (nSPS) is 12.6. The lowest BCUT2D eigenvalue weighted by Crippen LogP contribution is -2.33. The van der Waals surface area contributed by atoms with E-state index in [4.69, 9.17) is 11.6 Å². The van der Waals surface area contributed by atoms with E-state index in [-0.39, 0.29) is 5.56 Å². The molecule has 28 heavy (non-hydrogen) atoms. The third-order valence-corrected chi connectivity index (χ3v) is 5.19. The number of hydrogen-bond acceptors (Lipinski definition) is 4. The van der Waals surface area contributed by atoms with Crippen molar-refractivity contribution in [1.82, 2.24) is 9.78 Å². The van der Waals surface area contributed by atoms with Gasteiger partial charge in [0, 0.05) is 35.2 Å². The molecule has 0 bridgehead atoms. The number of hydrogen-bond donors (Lipinski definition) is 1. The summed E-state index contributed by atoms with van der Waals surface area (Å²) in [7, 11) is 0. The van der Waals surface area contributed by atoms with E-state index in [0.29, 0.717) is 15.7 Å². The molecule has 146 valence electrons. The Balaban J connectivity index is 1.80. The van der Waals surface area contributed by atoms with Gasteiger partial charge in [-0.1, -0.05) is 23.7 Å². The minimum Gasteiger partial charge on any atom is -0.324 e. The molecule has 3 aromatic rings. The van der Waals surface area contributed by atoms with Gasteiger partial charge in [0.05, 0.1) is 10.0 Å². The highest BCUT2D eigenvalue weighted by Crippen LogP contribution is 2.28. The maximum absolute atomic E-state index is 13.3. The molecule has 5 nitrogen and oxygen atoms in total. The van der Waals surface area contributed by atoms with Gasteiger partial charge >= 0.3 is 0 Å². The number of carbonyl (C=O) groups is 1. The predicted molar refractivity (Wildman–Crippen MR) is 106 cm³/mol. The molecular formula is C19H16ClF2N3O2S. The third kappa shape index (κ3) is 4.45. The average molecular weight is 424 g/mol. The number of alkyl halides is 2. The average Bonchev–Trinajstić information content (AvgIpc) is 3.07. The van der Waals surface area contributed by atoms with Gasteiger partial charge in [0.15, 0.2) is 0 Å². The number of amides is 1. The van der Waals surface area contributed by atoms with Crippen LogP contribution in [0.1, 0.15) is 25.5 Å². The second-order valence-corrected chi connectivity index (χ2v) is 7.81. The van der Waals surface area contributed by atoms with Crippen molar-refractivity contribution >= 4 is 34.5 Å². The standard InChI is InChI=1S/C19H16ClF2N3O2S/c1-11(18(27)23-14-5-3-13(4-6-14)19(2,21)22)25-17(26)8-7-15(24-25)12-9-16(20)28-10-12/h3-11H,1-2H3,(H,23,27). The van der Waals surface area contributed by atoms with Crippen molar-refractivity contribution in [2.24, 2.45) is 0 Å². The summed E-state index contributed by atoms with van der Waals surface area (Å²) in [5.41, 5.74) is 1.01. The smallest absolute Gasteiger partial charge is 0.270 e. The molecule has 1 atom stereocenters. The van der Waals surface area contributed by atoms with Gasteiger partial charge in [0.2, 0.25) is 5.91 Å². The van der Waals surface area contributed by atoms with Crippen LogP contribution < -0.4 is 10.9 Å². The van der Waals surface area contributed by atoms with E-state index in [1.54, 1.807) is 17.5 Å². The van der Waals surface area contributed by atoms with Gasteiger partial charge in [0.25, 0.3) is 11.5 Å². The highest BCUT2D eigenvalue weighted by atomic mass is 35.5. The number of halogens is 3. The van der Waals surface area contributed by atoms with Crippen LogP contribution in [-0.4, -0.2) is 15.7 Å². The first-order valence-corrected chi connectivity index (χ1v) is 9.54. The molecule has 3 rings (SSSR count). The summed E-state index contributed by atoms with van der Waals surface area (Å²) >= 11 is 7.27. The topological polar surface area (TPSA) is 64.0 Å². The molecule has 0 radical (unpaired) electrons. The summed E-state index contributed by atoms with van der Waals surface area (Å²) in [4.78, 5) is 24.7. The molecule has 0 fully saturated rings. The predicted octanol–water partition coefficient (Wildman–Crippen LogP) is 4.94. The Morgan fingerprint density at radius 2 is 1.93 bits per heavy atom. The van der Waals surface area contributed by atoms with Gasteiger partial charge in [-0.2, -0.15) is 5.10 Å². The number of carbonyl (C=O) groups excluding carboxylic acids is 1. The Labute approximate surface area is 168 Å². The van der Waals surface area contributed by atoms with Crippen LogP contribution >= 0.6 is 22.9 Å². The van der Waals surface area contributed by atoms with Crippen molar-refractivity contribution in [3.63, 3.8) is 0 Å². The number of anilines is 1. The lowest BCUT2D eigenvalue weighted by molar-refractivity contribution is -0.119. The molecule has 0 aliphatic rings. The lowest BCUT2D eigenvalue weighted by atomic mass is 10.1. The van der Waals surface area contributed by atoms with Gasteiger partial charge in [-0.05, 0) is 31.2 Å². The maximum atomic E-state index is 13.3. The molecule has 0 aliphatic heterocycles. The molecule has 1 amide bonds. The molecule has 0 aliphatic carbocycles. The fourth-order valence-corrected chi connectivity index (χ4v) is 3.38. The van der Waals surface area contributed by atoms with Crippen molar-refractivity contribution in [2.75, 3.05) is 5.32 Å². The summed E-state index contributed by atoms with van der Waals surface area (Å²) in [6, 6.07) is 8.96. The second-order valence-electron chi connectivity index (χ2n) is 6.27. The van der Waals surface area contributed by atoms with Crippen LogP contribution in [0.25, 0.3) is 11.3 Å². The van der Waals surface area contributed by atoms with E-state index in [0.717, 1.165) is 17.2 Å². The number of rotatable bonds is 5. The zero-order valence-electron chi connectivity index (χ0n) is 14.9. The molecule has 2 aromatic heterocycles. The molecule has 0 saturated carbocycles. The summed E-state index contributed by atoms with van der Waals surface area (Å²) in [6.07, 6.45) is 0. The summed E-state index contributed by atoms with van der Waals surface area (Å²) in [6.45, 7) is 2.33. The van der Waals surface area contributed by atoms with E-state index in [2.05, 4.69) is 10.4 Å². The Bertz CT molecular complexity index is 1060. The van der Waals surface area contributed by atoms with Crippen molar-refractivity contribution in [3.05, 3.63) is 68.1 Å². The van der Waals surface area contributed by atoms with Crippen molar-refractivity contribution in [2.45, 2.75) is 25.8 Å². The minimum atomic E-state index is -2.96. The van der Waals surface area contributed by atoms with Gasteiger partial charge in [-0.3, -0.25) is 9.59 Å². The van der Waals surface area contributed by atoms with Crippen LogP contribution in [-0.2, 0) is 10.7 Å². The maximum Gasteiger partial charge on any atom is 0.270 e. The molecule has 2 heterocycles. The minimum absolute atomic E-state index is 0.154. The Morgan fingerprint density at radius 3 is 2.50 bits per heavy atom. The zero-order valence-corrected chi connectivity index (χ0v) is 16.5. The Hall–Kier alpha value is -2.58. The molecule has 0 saturated heterocycles. The van der Waals surface area contributed by atoms with E-state index in [1.807, 2.05) is 0 Å². The Kier molecular flexibility index (Phi) is 5.62. The van der Waals surface area contributed by atoms with Crippen LogP contribution in [0.2, 0.25) is 4.34 Å². The van der Waals surface area contributed by atoms with Crippen LogP contribution in [0, 0.1) is 0 Å². The highest BCUT2D eigenvalue weighted by molar-refractivity contribution is 7.14. The van der Waals surface area contributed by atoms with Crippen LogP contribution in [0.15, 0.2) is 52.6 Å². The van der Waals surface area contributed by atoms with Crippen molar-refractivity contribution < 1.29 is 13.6 Å². The number of aromatic nitrogens is 2. The summed E-state index contributed by atoms with van der Waals surface area (Å²) < 4.78 is 28.2. The van der Waals surface area contributed by atoms with Crippen LogP contribution in [0.5, 0.6) is 0 Å². The first-order valence-electron chi connectivity index (χ1n) is 8.28. The fraction of sp³-hybridized carbons (Fsp3) is 0.211. The summed E-state index contributed by atoms with van der Waals surface area (Å²) in [5, 5.41) is 8.66. The monoisotopic (exact) mass is 423 g/mol.